The van der Waals surface area contributed by atoms with Gasteiger partial charge in [0, 0.05) is 6.42 Å². The number of hydrogen-bond acceptors (Lipinski definition) is 2. The van der Waals surface area contributed by atoms with Crippen LogP contribution in [0.1, 0.15) is 48.9 Å². The second-order valence-electron chi connectivity index (χ2n) is 6.20. The molecule has 2 aromatic rings. The predicted octanol–water partition coefficient (Wildman–Crippen LogP) is 4.73. The number of aryl methyl sites for hydroxylation is 2. The molecule has 0 aliphatic carbocycles. The summed E-state index contributed by atoms with van der Waals surface area (Å²) < 4.78 is 5.66. The minimum absolute atomic E-state index is 0.0786. The van der Waals surface area contributed by atoms with Gasteiger partial charge < -0.3 is 10.1 Å². The van der Waals surface area contributed by atoms with Crippen molar-refractivity contribution in [3.8, 4) is 5.75 Å². The van der Waals surface area contributed by atoms with Gasteiger partial charge in [-0.1, -0.05) is 54.4 Å². The van der Waals surface area contributed by atoms with Crippen molar-refractivity contribution >= 4 is 5.91 Å². The Kier molecular flexibility index (Phi) is 6.86. The van der Waals surface area contributed by atoms with Gasteiger partial charge in [-0.3, -0.25) is 4.79 Å². The van der Waals surface area contributed by atoms with Crippen LogP contribution in [0.15, 0.2) is 48.5 Å². The molecule has 0 radical (unpaired) electrons. The summed E-state index contributed by atoms with van der Waals surface area (Å²) >= 11 is 0. The van der Waals surface area contributed by atoms with E-state index in [1.54, 1.807) is 0 Å². The number of carbonyl (C=O) groups is 1. The van der Waals surface area contributed by atoms with Gasteiger partial charge in [-0.2, -0.15) is 0 Å². The van der Waals surface area contributed by atoms with Crippen molar-refractivity contribution in [2.45, 2.75) is 46.1 Å². The van der Waals surface area contributed by atoms with Crippen molar-refractivity contribution in [3.63, 3.8) is 0 Å². The SMILES string of the molecule is CCC(NC(=O)CCCOc1ccc(C)cc1)c1ccc(C)cc1. The van der Waals surface area contributed by atoms with Crippen molar-refractivity contribution < 1.29 is 9.53 Å². The largest absolute Gasteiger partial charge is 0.494 e. The molecule has 0 heterocycles. The van der Waals surface area contributed by atoms with Crippen LogP contribution in [0, 0.1) is 13.8 Å². The van der Waals surface area contributed by atoms with Crippen LogP contribution >= 0.6 is 0 Å². The zero-order valence-electron chi connectivity index (χ0n) is 14.8. The van der Waals surface area contributed by atoms with E-state index in [4.69, 9.17) is 4.74 Å². The van der Waals surface area contributed by atoms with E-state index < -0.39 is 0 Å². The van der Waals surface area contributed by atoms with Gasteiger partial charge in [-0.15, -0.1) is 0 Å². The molecule has 1 unspecified atom stereocenters. The molecule has 2 aromatic carbocycles. The molecule has 0 aliphatic heterocycles. The fourth-order valence-corrected chi connectivity index (χ4v) is 2.54. The fourth-order valence-electron chi connectivity index (χ4n) is 2.54. The molecule has 3 heteroatoms. The van der Waals surface area contributed by atoms with Crippen LogP contribution in [0.3, 0.4) is 0 Å². The Hall–Kier alpha value is -2.29. The van der Waals surface area contributed by atoms with Crippen LogP contribution < -0.4 is 10.1 Å². The van der Waals surface area contributed by atoms with Gasteiger partial charge in [-0.05, 0) is 44.4 Å². The molecule has 0 aromatic heterocycles. The summed E-state index contributed by atoms with van der Waals surface area (Å²) in [5.74, 6) is 0.932. The quantitative estimate of drug-likeness (QED) is 0.713. The minimum atomic E-state index is 0.0786. The van der Waals surface area contributed by atoms with E-state index in [0.29, 0.717) is 19.4 Å². The number of carbonyl (C=O) groups excluding carboxylic acids is 1. The lowest BCUT2D eigenvalue weighted by molar-refractivity contribution is -0.122. The van der Waals surface area contributed by atoms with E-state index in [1.165, 1.54) is 11.1 Å². The minimum Gasteiger partial charge on any atom is -0.494 e. The Morgan fingerprint density at radius 2 is 1.58 bits per heavy atom. The van der Waals surface area contributed by atoms with Gasteiger partial charge in [0.15, 0.2) is 0 Å². The standard InChI is InChI=1S/C21H27NO2/c1-4-20(18-11-7-16(2)8-12-18)22-21(23)6-5-15-24-19-13-9-17(3)10-14-19/h7-14,20H,4-6,15H2,1-3H3,(H,22,23). The first kappa shape index (κ1) is 18.1. The summed E-state index contributed by atoms with van der Waals surface area (Å²) in [6.45, 7) is 6.76. The Bertz CT molecular complexity index is 632. The van der Waals surface area contributed by atoms with Crippen molar-refractivity contribution in [1.82, 2.24) is 5.32 Å². The van der Waals surface area contributed by atoms with Gasteiger partial charge in [0.2, 0.25) is 5.91 Å². The molecule has 0 saturated heterocycles. The monoisotopic (exact) mass is 325 g/mol. The summed E-state index contributed by atoms with van der Waals surface area (Å²) in [5.41, 5.74) is 3.60. The van der Waals surface area contributed by atoms with Crippen LogP contribution in [-0.4, -0.2) is 12.5 Å². The highest BCUT2D eigenvalue weighted by molar-refractivity contribution is 5.76. The highest BCUT2D eigenvalue weighted by Gasteiger charge is 2.12. The molecule has 1 amide bonds. The van der Waals surface area contributed by atoms with Crippen LogP contribution in [-0.2, 0) is 4.79 Å². The van der Waals surface area contributed by atoms with Crippen molar-refractivity contribution in [1.29, 1.82) is 0 Å². The van der Waals surface area contributed by atoms with Gasteiger partial charge in [0.1, 0.15) is 5.75 Å². The second-order valence-corrected chi connectivity index (χ2v) is 6.20. The Balaban J connectivity index is 1.73. The molecule has 0 saturated carbocycles. The zero-order chi connectivity index (χ0) is 17.4. The normalized spacial score (nSPS) is 11.8. The molecule has 1 N–H and O–H groups in total. The molecule has 2 rings (SSSR count). The van der Waals surface area contributed by atoms with Crippen molar-refractivity contribution in [3.05, 3.63) is 65.2 Å². The molecule has 0 spiro atoms. The van der Waals surface area contributed by atoms with Crippen LogP contribution in [0.25, 0.3) is 0 Å². The third-order valence-electron chi connectivity index (χ3n) is 4.06. The second kappa shape index (κ2) is 9.11. The van der Waals surface area contributed by atoms with Crippen LogP contribution in [0.2, 0.25) is 0 Å². The fraction of sp³-hybridized carbons (Fsp3) is 0.381. The van der Waals surface area contributed by atoms with Crippen LogP contribution in [0.4, 0.5) is 0 Å². The summed E-state index contributed by atoms with van der Waals surface area (Å²) in [6.07, 6.45) is 2.08. The molecular weight excluding hydrogens is 298 g/mol. The lowest BCUT2D eigenvalue weighted by Gasteiger charge is -2.18. The maximum atomic E-state index is 12.1. The molecular formula is C21H27NO2. The molecule has 3 nitrogen and oxygen atoms in total. The Labute approximate surface area is 145 Å². The van der Waals surface area contributed by atoms with Gasteiger partial charge in [-0.25, -0.2) is 0 Å². The Morgan fingerprint density at radius 1 is 1.00 bits per heavy atom. The van der Waals surface area contributed by atoms with Gasteiger partial charge in [0.05, 0.1) is 12.6 Å². The first-order valence-corrected chi connectivity index (χ1v) is 8.64. The number of rotatable bonds is 8. The molecule has 24 heavy (non-hydrogen) atoms. The predicted molar refractivity (Wildman–Crippen MR) is 98.3 cm³/mol. The highest BCUT2D eigenvalue weighted by Crippen LogP contribution is 2.17. The number of nitrogens with one attached hydrogen (secondary N) is 1. The number of ether oxygens (including phenoxy) is 1. The third-order valence-corrected chi connectivity index (χ3v) is 4.06. The lowest BCUT2D eigenvalue weighted by atomic mass is 10.0. The summed E-state index contributed by atoms with van der Waals surface area (Å²) in [6, 6.07) is 16.4. The van der Waals surface area contributed by atoms with E-state index >= 15 is 0 Å². The molecule has 0 fully saturated rings. The summed E-state index contributed by atoms with van der Waals surface area (Å²) in [4.78, 5) is 12.1. The molecule has 0 bridgehead atoms. The number of amides is 1. The van der Waals surface area contributed by atoms with E-state index in [1.807, 2.05) is 31.2 Å². The molecule has 0 aliphatic rings. The highest BCUT2D eigenvalue weighted by atomic mass is 16.5. The van der Waals surface area contributed by atoms with E-state index in [0.717, 1.165) is 17.7 Å². The number of hydrogen-bond donors (Lipinski definition) is 1. The van der Waals surface area contributed by atoms with E-state index in [2.05, 4.69) is 43.4 Å². The van der Waals surface area contributed by atoms with Gasteiger partial charge in [0.25, 0.3) is 0 Å². The van der Waals surface area contributed by atoms with Crippen molar-refractivity contribution in [2.24, 2.45) is 0 Å². The van der Waals surface area contributed by atoms with Crippen LogP contribution in [0.5, 0.6) is 5.75 Å². The average molecular weight is 325 g/mol. The first-order chi connectivity index (χ1) is 11.6. The smallest absolute Gasteiger partial charge is 0.220 e. The average Bonchev–Trinajstić information content (AvgIpc) is 2.59. The summed E-state index contributed by atoms with van der Waals surface area (Å²) in [7, 11) is 0. The molecule has 1 atom stereocenters. The zero-order valence-corrected chi connectivity index (χ0v) is 14.8. The maximum Gasteiger partial charge on any atom is 0.220 e. The molecule has 128 valence electrons. The Morgan fingerprint density at radius 3 is 2.17 bits per heavy atom. The van der Waals surface area contributed by atoms with E-state index in [-0.39, 0.29) is 11.9 Å². The summed E-state index contributed by atoms with van der Waals surface area (Å²) in [5, 5.41) is 3.11. The third kappa shape index (κ3) is 5.73. The number of benzene rings is 2. The van der Waals surface area contributed by atoms with Crippen molar-refractivity contribution in [2.75, 3.05) is 6.61 Å². The maximum absolute atomic E-state index is 12.1. The lowest BCUT2D eigenvalue weighted by Crippen LogP contribution is -2.28. The topological polar surface area (TPSA) is 38.3 Å². The van der Waals surface area contributed by atoms with E-state index in [9.17, 15) is 4.79 Å². The first-order valence-electron chi connectivity index (χ1n) is 8.64. The van der Waals surface area contributed by atoms with Gasteiger partial charge >= 0.3 is 0 Å².